The SMILES string of the molecule is C=C1C(=C)[C@@H]2CC[C@H]1[C@@H]1[C@H]2[C@@H]2C[C@H]1c1cc3nc4c5cccnc5c5ncccc5c4nc3cc12. The average molecular weight is 453 g/mol. The first-order chi connectivity index (χ1) is 17.2. The normalized spacial score (nSPS) is 30.6. The van der Waals surface area contributed by atoms with Crippen LogP contribution < -0.4 is 0 Å². The van der Waals surface area contributed by atoms with Gasteiger partial charge in [0.25, 0.3) is 0 Å². The summed E-state index contributed by atoms with van der Waals surface area (Å²) in [6.45, 7) is 8.97. The third kappa shape index (κ3) is 2.11. The molecule has 0 aliphatic heterocycles. The number of nitrogens with zero attached hydrogens (tertiary/aromatic N) is 4. The quantitative estimate of drug-likeness (QED) is 0.190. The van der Waals surface area contributed by atoms with Crippen molar-refractivity contribution < 1.29 is 0 Å². The summed E-state index contributed by atoms with van der Waals surface area (Å²) in [4.78, 5) is 19.8. The predicted molar refractivity (Wildman–Crippen MR) is 139 cm³/mol. The fraction of sp³-hybridized carbons (Fsp3) is 0.290. The number of pyridine rings is 2. The number of aromatic nitrogens is 4. The van der Waals surface area contributed by atoms with Crippen molar-refractivity contribution in [2.45, 2.75) is 31.1 Å². The van der Waals surface area contributed by atoms with E-state index in [-0.39, 0.29) is 0 Å². The average Bonchev–Trinajstić information content (AvgIpc) is 3.47. The number of allylic oxidation sites excluding steroid dienone is 2. The minimum Gasteiger partial charge on any atom is -0.254 e. The van der Waals surface area contributed by atoms with E-state index in [4.69, 9.17) is 9.97 Å². The Morgan fingerprint density at radius 3 is 1.60 bits per heavy atom. The number of hydrogen-bond donors (Lipinski definition) is 0. The van der Waals surface area contributed by atoms with Gasteiger partial charge in [-0.25, -0.2) is 9.97 Å². The van der Waals surface area contributed by atoms with Gasteiger partial charge in [-0.2, -0.15) is 0 Å². The highest BCUT2D eigenvalue weighted by Crippen LogP contribution is 2.71. The zero-order valence-electron chi connectivity index (χ0n) is 19.4. The molecule has 5 aliphatic rings. The Bertz CT molecular complexity index is 1690. The van der Waals surface area contributed by atoms with Crippen LogP contribution >= 0.6 is 0 Å². The molecule has 4 nitrogen and oxygen atoms in total. The maximum absolute atomic E-state index is 5.23. The molecule has 10 rings (SSSR count). The lowest BCUT2D eigenvalue weighted by atomic mass is 9.51. The topological polar surface area (TPSA) is 51.6 Å². The summed E-state index contributed by atoms with van der Waals surface area (Å²) in [5, 5.41) is 2.04. The summed E-state index contributed by atoms with van der Waals surface area (Å²) in [6, 6.07) is 12.9. The number of hydrogen-bond acceptors (Lipinski definition) is 4. The Hall–Kier alpha value is -3.66. The summed E-state index contributed by atoms with van der Waals surface area (Å²) in [5.74, 6) is 3.95. The van der Waals surface area contributed by atoms with Crippen molar-refractivity contribution in [3.8, 4) is 0 Å². The van der Waals surface area contributed by atoms with E-state index in [9.17, 15) is 0 Å². The number of benzene rings is 2. The molecule has 2 aromatic carbocycles. The largest absolute Gasteiger partial charge is 0.254 e. The highest BCUT2D eigenvalue weighted by atomic mass is 14.8. The van der Waals surface area contributed by atoms with Gasteiger partial charge in [0.2, 0.25) is 0 Å². The molecule has 168 valence electrons. The second-order valence-electron chi connectivity index (χ2n) is 11.1. The van der Waals surface area contributed by atoms with Crippen LogP contribution in [-0.4, -0.2) is 19.9 Å². The lowest BCUT2D eigenvalue weighted by Gasteiger charge is -2.53. The Morgan fingerprint density at radius 1 is 0.629 bits per heavy atom. The number of fused-ring (bicyclic) bond motifs is 14. The molecule has 4 fully saturated rings. The molecule has 0 spiro atoms. The minimum atomic E-state index is 0.618. The van der Waals surface area contributed by atoms with Crippen molar-refractivity contribution in [3.63, 3.8) is 0 Å². The lowest BCUT2D eigenvalue weighted by Crippen LogP contribution is -2.44. The van der Waals surface area contributed by atoms with E-state index in [2.05, 4.69) is 47.4 Å². The first kappa shape index (κ1) is 18.6. The molecule has 4 bridgehead atoms. The monoisotopic (exact) mass is 452 g/mol. The summed E-state index contributed by atoms with van der Waals surface area (Å²) in [7, 11) is 0. The van der Waals surface area contributed by atoms with E-state index in [1.165, 1.54) is 41.5 Å². The smallest absolute Gasteiger partial charge is 0.0996 e. The molecule has 4 saturated carbocycles. The van der Waals surface area contributed by atoms with Crippen LogP contribution in [0.4, 0.5) is 0 Å². The third-order valence-corrected chi connectivity index (χ3v) is 9.93. The van der Waals surface area contributed by atoms with Crippen LogP contribution in [0.1, 0.15) is 42.2 Å². The second-order valence-corrected chi connectivity index (χ2v) is 11.1. The van der Waals surface area contributed by atoms with Gasteiger partial charge >= 0.3 is 0 Å². The fourth-order valence-corrected chi connectivity index (χ4v) is 8.65. The summed E-state index contributed by atoms with van der Waals surface area (Å²) < 4.78 is 0. The van der Waals surface area contributed by atoms with Crippen LogP contribution in [-0.2, 0) is 0 Å². The summed E-state index contributed by atoms with van der Waals surface area (Å²) >= 11 is 0. The molecule has 3 heterocycles. The Labute approximate surface area is 202 Å². The number of rotatable bonds is 0. The van der Waals surface area contributed by atoms with Crippen LogP contribution in [0.5, 0.6) is 0 Å². The van der Waals surface area contributed by atoms with E-state index < -0.39 is 0 Å². The van der Waals surface area contributed by atoms with Gasteiger partial charge in [0.1, 0.15) is 0 Å². The Balaban J connectivity index is 1.32. The molecule has 4 heteroatoms. The van der Waals surface area contributed by atoms with E-state index in [1.54, 1.807) is 0 Å². The predicted octanol–water partition coefficient (Wildman–Crippen LogP) is 6.85. The van der Waals surface area contributed by atoms with E-state index >= 15 is 0 Å². The highest BCUT2D eigenvalue weighted by Gasteiger charge is 2.60. The van der Waals surface area contributed by atoms with Crippen molar-refractivity contribution >= 4 is 43.9 Å². The van der Waals surface area contributed by atoms with Crippen molar-refractivity contribution in [2.24, 2.45) is 23.7 Å². The van der Waals surface area contributed by atoms with Gasteiger partial charge in [-0.3, -0.25) is 9.97 Å². The Morgan fingerprint density at radius 2 is 1.11 bits per heavy atom. The van der Waals surface area contributed by atoms with Crippen LogP contribution in [0.2, 0.25) is 0 Å². The van der Waals surface area contributed by atoms with E-state index in [0.29, 0.717) is 23.7 Å². The molecule has 0 radical (unpaired) electrons. The molecule has 5 aliphatic carbocycles. The molecule has 0 N–H and O–H groups in total. The summed E-state index contributed by atoms with van der Waals surface area (Å²) in [5.41, 5.74) is 11.4. The van der Waals surface area contributed by atoms with Gasteiger partial charge in [-0.15, -0.1) is 0 Å². The maximum atomic E-state index is 5.23. The molecular weight excluding hydrogens is 428 g/mol. The van der Waals surface area contributed by atoms with Crippen LogP contribution in [0.25, 0.3) is 43.9 Å². The maximum Gasteiger partial charge on any atom is 0.0996 e. The second kappa shape index (κ2) is 6.12. The fourth-order valence-electron chi connectivity index (χ4n) is 8.65. The molecule has 3 aromatic heterocycles. The van der Waals surface area contributed by atoms with Crippen LogP contribution in [0.15, 0.2) is 73.1 Å². The zero-order valence-corrected chi connectivity index (χ0v) is 19.4. The van der Waals surface area contributed by atoms with Crippen LogP contribution in [0, 0.1) is 23.7 Å². The molecule has 6 atom stereocenters. The van der Waals surface area contributed by atoms with Crippen molar-refractivity contribution in [1.82, 2.24) is 19.9 Å². The Kier molecular flexibility index (Phi) is 3.26. The lowest BCUT2D eigenvalue weighted by molar-refractivity contribution is 0.101. The first-order valence-corrected chi connectivity index (χ1v) is 12.8. The van der Waals surface area contributed by atoms with E-state index in [1.807, 2.05) is 24.5 Å². The first-order valence-electron chi connectivity index (χ1n) is 12.8. The van der Waals surface area contributed by atoms with Gasteiger partial charge in [0.05, 0.1) is 33.1 Å². The van der Waals surface area contributed by atoms with Crippen molar-refractivity contribution in [1.29, 1.82) is 0 Å². The van der Waals surface area contributed by atoms with E-state index in [0.717, 1.165) is 55.7 Å². The van der Waals surface area contributed by atoms with Gasteiger partial charge < -0.3 is 0 Å². The minimum absolute atomic E-state index is 0.618. The molecule has 0 unspecified atom stereocenters. The van der Waals surface area contributed by atoms with Crippen LogP contribution in [0.3, 0.4) is 0 Å². The standard InChI is InChI=1S/C31H24N4/c1-14-15(2)17-8-7-16(14)26-22-11-23(27(17)26)21-13-25-24(12-20(21)22)34-30-18-5-3-9-32-28(18)29-19(31(30)35-25)6-4-10-33-29/h3-6,9-10,12-13,16-17,22-23,26-27H,1-2,7-8,11H2/t16-,17+,22+,23-,26+,27-. The molecule has 0 saturated heterocycles. The van der Waals surface area contributed by atoms with Gasteiger partial charge in [-0.05, 0) is 113 Å². The van der Waals surface area contributed by atoms with Gasteiger partial charge in [0.15, 0.2) is 0 Å². The van der Waals surface area contributed by atoms with Crippen molar-refractivity contribution in [2.75, 3.05) is 0 Å². The molecule has 5 aromatic rings. The molecule has 0 amide bonds. The third-order valence-electron chi connectivity index (χ3n) is 9.93. The van der Waals surface area contributed by atoms with Gasteiger partial charge in [-0.1, -0.05) is 13.2 Å². The molecular formula is C31H24N4. The highest BCUT2D eigenvalue weighted by molar-refractivity contribution is 6.21. The zero-order chi connectivity index (χ0) is 23.0. The van der Waals surface area contributed by atoms with Gasteiger partial charge in [0, 0.05) is 23.2 Å². The summed E-state index contributed by atoms with van der Waals surface area (Å²) in [6.07, 6.45) is 7.52. The van der Waals surface area contributed by atoms with Crippen molar-refractivity contribution in [3.05, 3.63) is 84.2 Å². The molecule has 35 heavy (non-hydrogen) atoms.